The van der Waals surface area contributed by atoms with Crippen LogP contribution in [-0.4, -0.2) is 22.6 Å². The van der Waals surface area contributed by atoms with E-state index in [9.17, 15) is 0 Å². The third-order valence-electron chi connectivity index (χ3n) is 11.2. The third kappa shape index (κ3) is 14.9. The van der Waals surface area contributed by atoms with Crippen molar-refractivity contribution in [1.82, 2.24) is 0 Å². The van der Waals surface area contributed by atoms with Gasteiger partial charge in [0.15, 0.2) is 0 Å². The van der Waals surface area contributed by atoms with Gasteiger partial charge in [0.25, 0.3) is 0 Å². The first-order chi connectivity index (χ1) is 26.3. The number of hydrogen-bond donors (Lipinski definition) is 0. The molecule has 0 saturated heterocycles. The maximum atomic E-state index is 2.43. The van der Waals surface area contributed by atoms with Crippen LogP contribution < -0.4 is 35.4 Å². The van der Waals surface area contributed by atoms with Crippen LogP contribution in [0.1, 0.15) is 81.1 Å². The molecule has 0 fully saturated rings. The van der Waals surface area contributed by atoms with E-state index < -0.39 is 0 Å². The average molecular weight is 1000 g/mol. The molecule has 304 valence electrons. The van der Waals surface area contributed by atoms with Gasteiger partial charge < -0.3 is 24.8 Å². The molecule has 8 rings (SSSR count). The molecule has 0 aliphatic rings. The van der Waals surface area contributed by atoms with Crippen molar-refractivity contribution in [2.24, 2.45) is 0 Å². The molecule has 4 unspecified atom stereocenters. The second-order valence-corrected chi connectivity index (χ2v) is 21.0. The fourth-order valence-electron chi connectivity index (χ4n) is 7.38. The molecule has 0 amide bonds. The van der Waals surface area contributed by atoms with Gasteiger partial charge in [-0.25, -0.2) is 0 Å². The summed E-state index contributed by atoms with van der Waals surface area (Å²) in [5.74, 6) is 0. The molecule has 0 radical (unpaired) electrons. The summed E-state index contributed by atoms with van der Waals surface area (Å²) in [6, 6.07) is 56.6. The van der Waals surface area contributed by atoms with Gasteiger partial charge in [-0.3, -0.25) is 0 Å². The van der Waals surface area contributed by atoms with Gasteiger partial charge in [-0.05, 0) is 48.3 Å². The van der Waals surface area contributed by atoms with E-state index in [1.165, 1.54) is 68.8 Å². The van der Waals surface area contributed by atoms with Crippen molar-refractivity contribution in [3.8, 4) is 0 Å². The molecular weight excluding hydrogens is 940 g/mol. The predicted octanol–water partition coefficient (Wildman–Crippen LogP) is 9.65. The van der Waals surface area contributed by atoms with Crippen molar-refractivity contribution in [1.29, 1.82) is 0 Å². The Morgan fingerprint density at radius 3 is 0.948 bits per heavy atom. The quantitative estimate of drug-likeness (QED) is 0.0947. The van der Waals surface area contributed by atoms with E-state index in [0.29, 0.717) is 0 Å². The second-order valence-electron chi connectivity index (χ2n) is 14.8. The second kappa shape index (κ2) is 28.2. The normalized spacial score (nSPS) is 13.5. The maximum absolute atomic E-state index is 2.43. The predicted molar refractivity (Wildman–Crippen MR) is 250 cm³/mol. The van der Waals surface area contributed by atoms with E-state index in [-0.39, 0.29) is 93.1 Å². The first-order valence-electron chi connectivity index (χ1n) is 20.4. The number of benzene rings is 4. The van der Waals surface area contributed by atoms with Crippen molar-refractivity contribution in [3.05, 3.63) is 158 Å². The summed E-state index contributed by atoms with van der Waals surface area (Å²) in [7, 11) is -0.0504. The minimum absolute atomic E-state index is 0. The van der Waals surface area contributed by atoms with Crippen LogP contribution in [0.2, 0.25) is 0 Å². The molecular formula is C52H62Cl2P2Zr2-2. The Morgan fingerprint density at radius 1 is 0.397 bits per heavy atom. The fourth-order valence-corrected chi connectivity index (χ4v) is 13.9. The van der Waals surface area contributed by atoms with E-state index in [2.05, 4.69) is 213 Å². The standard InChI is InChI=1S/2C17H24P.2C9H7.2ClH.2Zr/c2*1-5-13(3)18(14(4)6-2)17-11-15-9-7-8-10-16(15)12-17;2*1-2-5-9-7-3-6-8(9)4-1;;;;/h2*7-14H,5-6H2,1-4H3;2*1-7H;2*1H;;/q4*-1;;;2*+2/p-2. The Hall–Kier alpha value is -1.47. The van der Waals surface area contributed by atoms with Gasteiger partial charge in [0.05, 0.1) is 0 Å². The molecule has 58 heavy (non-hydrogen) atoms. The van der Waals surface area contributed by atoms with Gasteiger partial charge in [0.2, 0.25) is 0 Å². The van der Waals surface area contributed by atoms with E-state index in [4.69, 9.17) is 0 Å². The van der Waals surface area contributed by atoms with Crippen molar-refractivity contribution >= 4 is 69.5 Å². The average Bonchev–Trinajstić information content (AvgIpc) is 4.04. The molecule has 0 bridgehead atoms. The van der Waals surface area contributed by atoms with Crippen LogP contribution >= 0.6 is 15.8 Å². The molecule has 0 aliphatic heterocycles. The summed E-state index contributed by atoms with van der Waals surface area (Å²) >= 11 is 0. The molecule has 0 heterocycles. The zero-order valence-corrected chi connectivity index (χ0v) is 44.0. The Morgan fingerprint density at radius 2 is 0.672 bits per heavy atom. The molecule has 0 saturated carbocycles. The van der Waals surface area contributed by atoms with Crippen LogP contribution in [0.5, 0.6) is 0 Å². The van der Waals surface area contributed by atoms with Gasteiger partial charge in [-0.15, -0.1) is 140 Å². The van der Waals surface area contributed by atoms with Crippen molar-refractivity contribution in [3.63, 3.8) is 0 Å². The zero-order valence-electron chi connectivity index (χ0n) is 35.8. The van der Waals surface area contributed by atoms with Crippen molar-refractivity contribution in [2.75, 3.05) is 0 Å². The Bertz CT molecular complexity index is 1960. The van der Waals surface area contributed by atoms with Crippen LogP contribution in [-0.2, 0) is 52.4 Å². The number of rotatable bonds is 10. The Balaban J connectivity index is 0.000000394. The largest absolute Gasteiger partial charge is 2.00 e. The van der Waals surface area contributed by atoms with Crippen LogP contribution in [0, 0.1) is 0 Å². The van der Waals surface area contributed by atoms with Gasteiger partial charge in [-0.2, -0.15) is 47.2 Å². The summed E-state index contributed by atoms with van der Waals surface area (Å²) in [4.78, 5) is 0. The molecule has 0 spiro atoms. The third-order valence-corrected chi connectivity index (χ3v) is 18.1. The van der Waals surface area contributed by atoms with Crippen molar-refractivity contribution < 1.29 is 77.2 Å². The molecule has 4 atom stereocenters. The Labute approximate surface area is 404 Å². The van der Waals surface area contributed by atoms with E-state index in [1.54, 1.807) is 10.6 Å². The summed E-state index contributed by atoms with van der Waals surface area (Å²) in [5, 5.41) is 14.2. The van der Waals surface area contributed by atoms with Gasteiger partial charge in [-0.1, -0.05) is 95.5 Å². The zero-order chi connectivity index (χ0) is 38.5. The van der Waals surface area contributed by atoms with Crippen LogP contribution in [0.15, 0.2) is 158 Å². The Kier molecular flexibility index (Phi) is 26.5. The van der Waals surface area contributed by atoms with E-state index >= 15 is 0 Å². The minimum atomic E-state index is -0.0252. The van der Waals surface area contributed by atoms with Crippen LogP contribution in [0.3, 0.4) is 0 Å². The smallest absolute Gasteiger partial charge is 1.00 e. The van der Waals surface area contributed by atoms with Gasteiger partial charge in [0.1, 0.15) is 0 Å². The summed E-state index contributed by atoms with van der Waals surface area (Å²) in [6.07, 6.45) is 5.16. The monoisotopic (exact) mass is 998 g/mol. The van der Waals surface area contributed by atoms with E-state index in [1.807, 2.05) is 0 Å². The molecule has 0 N–H and O–H groups in total. The number of halogens is 2. The molecule has 0 aromatic heterocycles. The van der Waals surface area contributed by atoms with Gasteiger partial charge >= 0.3 is 52.4 Å². The maximum Gasteiger partial charge on any atom is 2.00 e. The first-order valence-corrected chi connectivity index (χ1v) is 23.3. The van der Waals surface area contributed by atoms with E-state index in [0.717, 1.165) is 22.6 Å². The molecule has 8 aromatic rings. The molecule has 8 aromatic carbocycles. The SMILES string of the molecule is CCC(C)P(c1cc2ccccc2[cH-]1)C(C)CC.CCC(C)P(c1cc2ccccc2[cH-]1)C(C)CC.[Cl-].[Cl-].[Zr+2].[Zr+2].c1ccc2[cH-]ccc2c1.c1ccc2[cH-]ccc2c1. The molecule has 0 aliphatic carbocycles. The summed E-state index contributed by atoms with van der Waals surface area (Å²) in [6.45, 7) is 19.0. The summed E-state index contributed by atoms with van der Waals surface area (Å²) in [5.41, 5.74) is 3.30. The van der Waals surface area contributed by atoms with Gasteiger partial charge in [0, 0.05) is 0 Å². The number of fused-ring (bicyclic) bond motifs is 4. The topological polar surface area (TPSA) is 0 Å². The molecule has 0 nitrogen and oxygen atoms in total. The van der Waals surface area contributed by atoms with Crippen LogP contribution in [0.4, 0.5) is 0 Å². The number of hydrogen-bond acceptors (Lipinski definition) is 0. The van der Waals surface area contributed by atoms with Crippen molar-refractivity contribution in [2.45, 2.75) is 104 Å². The minimum Gasteiger partial charge on any atom is -1.00 e. The molecule has 6 heteroatoms. The van der Waals surface area contributed by atoms with Crippen LogP contribution in [0.25, 0.3) is 43.1 Å². The first kappa shape index (κ1) is 54.5. The fraction of sp³-hybridized carbons (Fsp3) is 0.308. The summed E-state index contributed by atoms with van der Waals surface area (Å²) < 4.78 is 0.